The number of hydrogen-bond acceptors (Lipinski definition) is 8. The van der Waals surface area contributed by atoms with Crippen LogP contribution in [0.3, 0.4) is 0 Å². The third-order valence-electron chi connectivity index (χ3n) is 3.77. The first kappa shape index (κ1) is 19.8. The highest BCUT2D eigenvalue weighted by atomic mass is 31.2. The Labute approximate surface area is 158 Å². The first-order valence-corrected chi connectivity index (χ1v) is 9.89. The first-order valence-electron chi connectivity index (χ1n) is 8.13. The maximum atomic E-state index is 12.9. The second-order valence-corrected chi connectivity index (χ2v) is 7.59. The number of phenols is 3. The fraction of sp³-hybridized carbons (Fsp3) is 0.167. The molecule has 0 fully saturated rings. The molecule has 1 atom stereocenters. The molecule has 1 heterocycles. The van der Waals surface area contributed by atoms with Crippen molar-refractivity contribution in [3.05, 3.63) is 46.6 Å². The minimum Gasteiger partial charge on any atom is -0.508 e. The molecule has 0 saturated carbocycles. The van der Waals surface area contributed by atoms with Gasteiger partial charge in [-0.3, -0.25) is 9.36 Å². The lowest BCUT2D eigenvalue weighted by Crippen LogP contribution is -2.12. The van der Waals surface area contributed by atoms with Gasteiger partial charge in [0, 0.05) is 11.6 Å². The molecule has 1 aromatic heterocycles. The van der Waals surface area contributed by atoms with Gasteiger partial charge < -0.3 is 33.9 Å². The summed E-state index contributed by atoms with van der Waals surface area (Å²) in [6, 6.07) is 7.50. The van der Waals surface area contributed by atoms with E-state index < -0.39 is 25.1 Å². The van der Waals surface area contributed by atoms with Gasteiger partial charge in [-0.25, -0.2) is 0 Å². The molecule has 2 aromatic carbocycles. The van der Waals surface area contributed by atoms with Crippen LogP contribution in [0.5, 0.6) is 23.0 Å². The molecule has 0 radical (unpaired) electrons. The summed E-state index contributed by atoms with van der Waals surface area (Å²) in [5, 5.41) is 29.0. The van der Waals surface area contributed by atoms with Gasteiger partial charge in [0.25, 0.3) is 0 Å². The summed E-state index contributed by atoms with van der Waals surface area (Å²) in [5.41, 5.74) is -0.450. The van der Waals surface area contributed by atoms with Crippen LogP contribution in [-0.4, -0.2) is 33.2 Å². The van der Waals surface area contributed by atoms with E-state index in [9.17, 15) is 29.6 Å². The number of benzene rings is 2. The van der Waals surface area contributed by atoms with Gasteiger partial charge in [-0.15, -0.1) is 0 Å². The Morgan fingerprint density at radius 2 is 1.82 bits per heavy atom. The molecular weight excluding hydrogens is 391 g/mol. The topological polar surface area (TPSA) is 147 Å². The van der Waals surface area contributed by atoms with E-state index in [-0.39, 0.29) is 46.1 Å². The van der Waals surface area contributed by atoms with Gasteiger partial charge >= 0.3 is 7.60 Å². The summed E-state index contributed by atoms with van der Waals surface area (Å²) in [6.45, 7) is 1.51. The maximum absolute atomic E-state index is 12.9. The highest BCUT2D eigenvalue weighted by Crippen LogP contribution is 2.43. The fourth-order valence-corrected chi connectivity index (χ4v) is 3.31. The lowest BCUT2D eigenvalue weighted by molar-refractivity contribution is 0.239. The second-order valence-electron chi connectivity index (χ2n) is 5.80. The number of phenolic OH excluding ortho intramolecular Hbond substituents is 3. The van der Waals surface area contributed by atoms with E-state index in [1.807, 2.05) is 0 Å². The van der Waals surface area contributed by atoms with Crippen molar-refractivity contribution >= 4 is 18.6 Å². The van der Waals surface area contributed by atoms with Crippen molar-refractivity contribution in [2.24, 2.45) is 0 Å². The third kappa shape index (κ3) is 3.96. The van der Waals surface area contributed by atoms with Crippen LogP contribution in [0.15, 0.2) is 45.6 Å². The van der Waals surface area contributed by atoms with E-state index in [1.54, 1.807) is 0 Å². The van der Waals surface area contributed by atoms with Gasteiger partial charge in [-0.05, 0) is 37.3 Å². The molecule has 0 aliphatic rings. The molecule has 4 N–H and O–H groups in total. The maximum Gasteiger partial charge on any atom is 0.365 e. The van der Waals surface area contributed by atoms with Gasteiger partial charge in [0.1, 0.15) is 11.3 Å². The van der Waals surface area contributed by atoms with Gasteiger partial charge in [-0.2, -0.15) is 0 Å². The van der Waals surface area contributed by atoms with Crippen molar-refractivity contribution in [1.82, 2.24) is 0 Å². The van der Waals surface area contributed by atoms with Crippen LogP contribution in [-0.2, 0) is 9.09 Å². The highest BCUT2D eigenvalue weighted by Gasteiger charge is 2.24. The summed E-state index contributed by atoms with van der Waals surface area (Å²) >= 11 is 0. The Hall–Kier alpha value is -3.00. The molecule has 0 aliphatic heterocycles. The number of rotatable bonds is 6. The zero-order valence-electron chi connectivity index (χ0n) is 14.7. The molecule has 0 saturated heterocycles. The normalized spacial score (nSPS) is 13.4. The van der Waals surface area contributed by atoms with E-state index in [0.29, 0.717) is 0 Å². The Morgan fingerprint density at radius 1 is 1.07 bits per heavy atom. The van der Waals surface area contributed by atoms with E-state index in [0.717, 1.165) is 6.07 Å². The predicted octanol–water partition coefficient (Wildman–Crippen LogP) is 3.14. The first-order chi connectivity index (χ1) is 13.2. The zero-order valence-corrected chi connectivity index (χ0v) is 15.6. The largest absolute Gasteiger partial charge is 0.508 e. The Morgan fingerprint density at radius 3 is 2.50 bits per heavy atom. The minimum atomic E-state index is -4.11. The smallest absolute Gasteiger partial charge is 0.365 e. The van der Waals surface area contributed by atoms with Gasteiger partial charge in [0.05, 0.1) is 12.0 Å². The second kappa shape index (κ2) is 7.55. The molecule has 1 unspecified atom stereocenters. The average Bonchev–Trinajstić information content (AvgIpc) is 2.62. The molecular formula is C18H17O9P. The highest BCUT2D eigenvalue weighted by molar-refractivity contribution is 7.52. The third-order valence-corrected chi connectivity index (χ3v) is 4.89. The van der Waals surface area contributed by atoms with E-state index in [2.05, 4.69) is 0 Å². The minimum absolute atomic E-state index is 0.0264. The zero-order chi connectivity index (χ0) is 20.5. The van der Waals surface area contributed by atoms with Crippen LogP contribution in [0.4, 0.5) is 0 Å². The molecule has 3 aromatic rings. The molecule has 0 spiro atoms. The van der Waals surface area contributed by atoms with Crippen LogP contribution in [0.25, 0.3) is 22.3 Å². The van der Waals surface area contributed by atoms with Crippen LogP contribution < -0.4 is 10.2 Å². The quantitative estimate of drug-likeness (QED) is 0.357. The Bertz CT molecular complexity index is 1140. The van der Waals surface area contributed by atoms with Crippen molar-refractivity contribution in [1.29, 1.82) is 0 Å². The number of ether oxygens (including phenoxy) is 1. The summed E-state index contributed by atoms with van der Waals surface area (Å²) in [4.78, 5) is 22.6. The predicted molar refractivity (Wildman–Crippen MR) is 99.9 cm³/mol. The van der Waals surface area contributed by atoms with Crippen molar-refractivity contribution in [3.8, 4) is 34.3 Å². The molecule has 0 bridgehead atoms. The van der Waals surface area contributed by atoms with Crippen molar-refractivity contribution in [2.75, 3.05) is 13.0 Å². The van der Waals surface area contributed by atoms with E-state index >= 15 is 0 Å². The average molecular weight is 408 g/mol. The lowest BCUT2D eigenvalue weighted by Gasteiger charge is -2.15. The van der Waals surface area contributed by atoms with Crippen molar-refractivity contribution in [3.63, 3.8) is 0 Å². The van der Waals surface area contributed by atoms with Crippen LogP contribution in [0, 0.1) is 0 Å². The Kier molecular flexibility index (Phi) is 5.33. The molecule has 3 rings (SSSR count). The standard InChI is InChI=1S/C18H17O9P/c1-2-26-28(23,24)9-25-18-16(22)12-5-4-11(19)8-15(12)27-17(18)10-3-6-13(20)14(21)7-10/h3-8,19-21H,2,9H2,1H3,(H,23,24). The summed E-state index contributed by atoms with van der Waals surface area (Å²) in [5.74, 6) is -1.53. The molecule has 0 aliphatic carbocycles. The van der Waals surface area contributed by atoms with Crippen LogP contribution in [0.1, 0.15) is 6.92 Å². The van der Waals surface area contributed by atoms with E-state index in [4.69, 9.17) is 13.7 Å². The Balaban J connectivity index is 2.19. The van der Waals surface area contributed by atoms with Crippen molar-refractivity contribution < 1.29 is 38.5 Å². The molecule has 0 amide bonds. The van der Waals surface area contributed by atoms with Gasteiger partial charge in [0.2, 0.25) is 11.2 Å². The molecule has 9 nitrogen and oxygen atoms in total. The van der Waals surface area contributed by atoms with Crippen LogP contribution in [0.2, 0.25) is 0 Å². The van der Waals surface area contributed by atoms with Gasteiger partial charge in [0.15, 0.2) is 23.6 Å². The van der Waals surface area contributed by atoms with Crippen molar-refractivity contribution in [2.45, 2.75) is 6.92 Å². The van der Waals surface area contributed by atoms with Gasteiger partial charge in [-0.1, -0.05) is 0 Å². The molecule has 10 heteroatoms. The number of aromatic hydroxyl groups is 3. The number of fused-ring (bicyclic) bond motifs is 1. The van der Waals surface area contributed by atoms with E-state index in [1.165, 1.54) is 37.3 Å². The lowest BCUT2D eigenvalue weighted by atomic mass is 10.1. The monoisotopic (exact) mass is 408 g/mol. The number of hydrogen-bond donors (Lipinski definition) is 4. The molecule has 28 heavy (non-hydrogen) atoms. The van der Waals surface area contributed by atoms with Crippen LogP contribution >= 0.6 is 7.60 Å². The fourth-order valence-electron chi connectivity index (χ4n) is 2.54. The summed E-state index contributed by atoms with van der Waals surface area (Å²) in [7, 11) is -4.11. The summed E-state index contributed by atoms with van der Waals surface area (Å²) < 4.78 is 27.6. The SMILES string of the molecule is CCOP(=O)(O)COc1c(-c2ccc(O)c(O)c2)oc2cc(O)ccc2c1=O. The summed E-state index contributed by atoms with van der Waals surface area (Å²) in [6.07, 6.45) is -0.799. The molecule has 148 valence electrons.